The van der Waals surface area contributed by atoms with Crippen molar-refractivity contribution in [3.05, 3.63) is 75.5 Å². The number of carbonyl (C=O) groups excluding carboxylic acids is 2. The molecule has 2 aromatic carbocycles. The number of benzene rings is 2. The molecule has 2 heterocycles. The van der Waals surface area contributed by atoms with Crippen molar-refractivity contribution in [2.24, 2.45) is 0 Å². The minimum absolute atomic E-state index is 0.262. The van der Waals surface area contributed by atoms with Crippen molar-refractivity contribution in [3.8, 4) is 22.6 Å². The number of thiophene rings is 1. The molecule has 4 rings (SSSR count). The lowest BCUT2D eigenvalue weighted by molar-refractivity contribution is -0.118. The number of amides is 1. The Hall–Kier alpha value is -4.11. The highest BCUT2D eigenvalue weighted by Crippen LogP contribution is 2.36. The highest BCUT2D eigenvalue weighted by Gasteiger charge is 2.22. The van der Waals surface area contributed by atoms with Gasteiger partial charge in [-0.25, -0.2) is 9.59 Å². The molecule has 0 aliphatic rings. The fraction of sp³-hybridized carbons (Fsp3) is 0.192. The predicted octanol–water partition coefficient (Wildman–Crippen LogP) is 5.03. The molecule has 8 nitrogen and oxygen atoms in total. The first kappa shape index (κ1) is 24.0. The number of fused-ring (bicyclic) bond motifs is 1. The van der Waals surface area contributed by atoms with Gasteiger partial charge in [0.25, 0.3) is 5.91 Å². The molecule has 0 aliphatic heterocycles. The Kier molecular flexibility index (Phi) is 7.17. The zero-order chi connectivity index (χ0) is 24.9. The van der Waals surface area contributed by atoms with Gasteiger partial charge in [0.05, 0.1) is 13.7 Å². The molecule has 0 radical (unpaired) electrons. The number of rotatable bonds is 8. The zero-order valence-electron chi connectivity index (χ0n) is 19.4. The third-order valence-corrected chi connectivity index (χ3v) is 6.10. The number of ether oxygens (including phenoxy) is 3. The van der Waals surface area contributed by atoms with Crippen LogP contribution in [0.3, 0.4) is 0 Å². The van der Waals surface area contributed by atoms with E-state index in [1.165, 1.54) is 24.5 Å². The van der Waals surface area contributed by atoms with Crippen LogP contribution in [0.1, 0.15) is 22.8 Å². The first-order valence-corrected chi connectivity index (χ1v) is 11.7. The van der Waals surface area contributed by atoms with Gasteiger partial charge in [-0.2, -0.15) is 0 Å². The Bertz CT molecular complexity index is 1440. The molecule has 35 heavy (non-hydrogen) atoms. The molecule has 0 atom stereocenters. The Balaban J connectivity index is 1.50. The van der Waals surface area contributed by atoms with Crippen LogP contribution in [0.5, 0.6) is 11.5 Å². The van der Waals surface area contributed by atoms with Crippen LogP contribution >= 0.6 is 11.3 Å². The first-order valence-electron chi connectivity index (χ1n) is 10.8. The van der Waals surface area contributed by atoms with Crippen molar-refractivity contribution in [3.63, 3.8) is 0 Å². The number of aryl methyl sites for hydroxylation is 1. The quantitative estimate of drug-likeness (QED) is 0.271. The standard InChI is InChI=1S/C26H23NO7S/c1-4-32-17-7-5-16(6-8-17)20-14-35-25(24(20)26(30)31-3)27-22(28)13-33-18-9-10-19-15(2)11-23(29)34-21(19)12-18/h5-12,14H,4,13H2,1-3H3,(H,27,28). The van der Waals surface area contributed by atoms with Gasteiger partial charge in [0.2, 0.25) is 0 Å². The summed E-state index contributed by atoms with van der Waals surface area (Å²) in [6.07, 6.45) is 0. The number of anilines is 1. The lowest BCUT2D eigenvalue weighted by Crippen LogP contribution is -2.21. The van der Waals surface area contributed by atoms with E-state index in [-0.39, 0.29) is 12.2 Å². The van der Waals surface area contributed by atoms with E-state index in [1.807, 2.05) is 38.1 Å². The van der Waals surface area contributed by atoms with E-state index in [0.29, 0.717) is 28.5 Å². The molecular weight excluding hydrogens is 470 g/mol. The van der Waals surface area contributed by atoms with E-state index in [4.69, 9.17) is 18.6 Å². The minimum atomic E-state index is -0.564. The summed E-state index contributed by atoms with van der Waals surface area (Å²) in [6.45, 7) is 3.96. The maximum absolute atomic E-state index is 12.6. The van der Waals surface area contributed by atoms with Gasteiger partial charge in [-0.1, -0.05) is 12.1 Å². The zero-order valence-corrected chi connectivity index (χ0v) is 20.2. The van der Waals surface area contributed by atoms with Gasteiger partial charge in [0, 0.05) is 28.5 Å². The van der Waals surface area contributed by atoms with Crippen molar-refractivity contribution >= 4 is 39.2 Å². The van der Waals surface area contributed by atoms with Gasteiger partial charge in [0.15, 0.2) is 6.61 Å². The summed E-state index contributed by atoms with van der Waals surface area (Å²) in [5.74, 6) is 0.0723. The molecule has 0 spiro atoms. The monoisotopic (exact) mass is 493 g/mol. The SMILES string of the molecule is CCOc1ccc(-c2csc(NC(=O)COc3ccc4c(C)cc(=O)oc4c3)c2C(=O)OC)cc1. The fourth-order valence-corrected chi connectivity index (χ4v) is 4.54. The topological polar surface area (TPSA) is 104 Å². The Morgan fingerprint density at radius 1 is 1.03 bits per heavy atom. The van der Waals surface area contributed by atoms with E-state index in [9.17, 15) is 14.4 Å². The second kappa shape index (κ2) is 10.4. The van der Waals surface area contributed by atoms with Crippen LogP contribution < -0.4 is 20.4 Å². The smallest absolute Gasteiger partial charge is 0.341 e. The van der Waals surface area contributed by atoms with E-state index in [2.05, 4.69) is 5.32 Å². The molecule has 0 saturated heterocycles. The number of esters is 1. The first-order chi connectivity index (χ1) is 16.9. The molecule has 0 fully saturated rings. The van der Waals surface area contributed by atoms with Crippen LogP contribution in [0.15, 0.2) is 63.1 Å². The molecule has 1 amide bonds. The molecular formula is C26H23NO7S. The maximum atomic E-state index is 12.6. The number of methoxy groups -OCH3 is 1. The van der Waals surface area contributed by atoms with Gasteiger partial charge in [-0.05, 0) is 49.2 Å². The summed E-state index contributed by atoms with van der Waals surface area (Å²) in [7, 11) is 1.29. The Morgan fingerprint density at radius 3 is 2.49 bits per heavy atom. The Morgan fingerprint density at radius 2 is 1.77 bits per heavy atom. The number of hydrogen-bond donors (Lipinski definition) is 1. The van der Waals surface area contributed by atoms with Gasteiger partial charge in [-0.15, -0.1) is 11.3 Å². The molecule has 4 aromatic rings. The van der Waals surface area contributed by atoms with Gasteiger partial charge >= 0.3 is 11.6 Å². The highest BCUT2D eigenvalue weighted by atomic mass is 32.1. The summed E-state index contributed by atoms with van der Waals surface area (Å²) in [5.41, 5.74) is 2.39. The van der Waals surface area contributed by atoms with E-state index >= 15 is 0 Å². The molecule has 0 unspecified atom stereocenters. The van der Waals surface area contributed by atoms with Gasteiger partial charge in [-0.3, -0.25) is 4.79 Å². The summed E-state index contributed by atoms with van der Waals surface area (Å²) < 4.78 is 21.2. The van der Waals surface area contributed by atoms with Crippen LogP contribution in [-0.2, 0) is 9.53 Å². The third-order valence-electron chi connectivity index (χ3n) is 5.20. The number of nitrogens with one attached hydrogen (secondary N) is 1. The normalized spacial score (nSPS) is 10.7. The second-order valence-electron chi connectivity index (χ2n) is 7.55. The Labute approximate surface area is 205 Å². The van der Waals surface area contributed by atoms with Crippen LogP contribution in [0.2, 0.25) is 0 Å². The summed E-state index contributed by atoms with van der Waals surface area (Å²) >= 11 is 1.21. The van der Waals surface area contributed by atoms with Crippen LogP contribution in [-0.4, -0.2) is 32.2 Å². The molecule has 0 saturated carbocycles. The highest BCUT2D eigenvalue weighted by molar-refractivity contribution is 7.15. The maximum Gasteiger partial charge on any atom is 0.341 e. The second-order valence-corrected chi connectivity index (χ2v) is 8.43. The van der Waals surface area contributed by atoms with Crippen LogP contribution in [0.25, 0.3) is 22.1 Å². The molecule has 0 bridgehead atoms. The molecule has 1 N–H and O–H groups in total. The predicted molar refractivity (Wildman–Crippen MR) is 134 cm³/mol. The fourth-order valence-electron chi connectivity index (χ4n) is 3.57. The molecule has 2 aromatic heterocycles. The van der Waals surface area contributed by atoms with Gasteiger partial charge in [0.1, 0.15) is 27.6 Å². The average molecular weight is 494 g/mol. The van der Waals surface area contributed by atoms with Crippen molar-refractivity contribution < 1.29 is 28.2 Å². The number of hydrogen-bond acceptors (Lipinski definition) is 8. The van der Waals surface area contributed by atoms with Crippen molar-refractivity contribution in [1.82, 2.24) is 0 Å². The molecule has 180 valence electrons. The third kappa shape index (κ3) is 5.36. The summed E-state index contributed by atoms with van der Waals surface area (Å²) in [6, 6.07) is 13.7. The number of carbonyl (C=O) groups is 2. The lowest BCUT2D eigenvalue weighted by atomic mass is 10.0. The minimum Gasteiger partial charge on any atom is -0.494 e. The van der Waals surface area contributed by atoms with E-state index < -0.39 is 17.5 Å². The van der Waals surface area contributed by atoms with E-state index in [1.54, 1.807) is 23.6 Å². The summed E-state index contributed by atoms with van der Waals surface area (Å²) in [4.78, 5) is 36.8. The van der Waals surface area contributed by atoms with Crippen molar-refractivity contribution in [2.45, 2.75) is 13.8 Å². The van der Waals surface area contributed by atoms with Gasteiger partial charge < -0.3 is 23.9 Å². The molecule has 9 heteroatoms. The van der Waals surface area contributed by atoms with Crippen molar-refractivity contribution in [2.75, 3.05) is 25.6 Å². The van der Waals surface area contributed by atoms with Crippen LogP contribution in [0, 0.1) is 6.92 Å². The van der Waals surface area contributed by atoms with E-state index in [0.717, 1.165) is 22.3 Å². The largest absolute Gasteiger partial charge is 0.494 e. The van der Waals surface area contributed by atoms with Crippen LogP contribution in [0.4, 0.5) is 5.00 Å². The lowest BCUT2D eigenvalue weighted by Gasteiger charge is -2.10. The van der Waals surface area contributed by atoms with Crippen molar-refractivity contribution in [1.29, 1.82) is 0 Å². The summed E-state index contributed by atoms with van der Waals surface area (Å²) in [5, 5.41) is 5.65. The average Bonchev–Trinajstić information content (AvgIpc) is 3.26. The molecule has 0 aliphatic carbocycles.